The van der Waals surface area contributed by atoms with Crippen molar-refractivity contribution in [3.8, 4) is 5.82 Å². The Morgan fingerprint density at radius 3 is 3.00 bits per heavy atom. The molecule has 20 heavy (non-hydrogen) atoms. The number of anilines is 1. The lowest BCUT2D eigenvalue weighted by Gasteiger charge is -2.13. The van der Waals surface area contributed by atoms with Crippen LogP contribution in [-0.4, -0.2) is 31.3 Å². The second-order valence-corrected chi connectivity index (χ2v) is 4.89. The topological polar surface area (TPSA) is 68.5 Å². The molecule has 0 saturated carbocycles. The van der Waals surface area contributed by atoms with Crippen molar-refractivity contribution in [2.75, 3.05) is 11.9 Å². The number of hydrogen-bond donors (Lipinski definition) is 1. The third-order valence-corrected chi connectivity index (χ3v) is 3.44. The Labute approximate surface area is 118 Å². The average molecular weight is 270 g/mol. The normalized spacial score (nSPS) is 14.9. The number of nitrogens with zero attached hydrogens (tertiary/aromatic N) is 5. The first-order valence-corrected chi connectivity index (χ1v) is 7.00. The van der Waals surface area contributed by atoms with E-state index in [1.165, 1.54) is 32.0 Å². The van der Waals surface area contributed by atoms with E-state index in [0.717, 1.165) is 24.6 Å². The molecular formula is C14H18N6. The number of nitrogens with one attached hydrogen (secondary N) is 1. The third-order valence-electron chi connectivity index (χ3n) is 3.44. The van der Waals surface area contributed by atoms with Crippen LogP contribution in [0.2, 0.25) is 0 Å². The molecule has 0 atom stereocenters. The van der Waals surface area contributed by atoms with E-state index in [4.69, 9.17) is 0 Å². The Morgan fingerprint density at radius 2 is 2.20 bits per heavy atom. The molecule has 0 amide bonds. The Hall–Kier alpha value is -2.24. The van der Waals surface area contributed by atoms with Crippen molar-refractivity contribution >= 4 is 5.82 Å². The van der Waals surface area contributed by atoms with Crippen molar-refractivity contribution in [3.05, 3.63) is 36.7 Å². The Bertz CT molecular complexity index is 575. The van der Waals surface area contributed by atoms with Gasteiger partial charge in [-0.1, -0.05) is 11.6 Å². The minimum absolute atomic E-state index is 0.719. The molecule has 2 aromatic heterocycles. The summed E-state index contributed by atoms with van der Waals surface area (Å²) >= 11 is 0. The highest BCUT2D eigenvalue weighted by molar-refractivity contribution is 5.39. The standard InChI is InChI=1S/C14H18N6/c1-2-4-12(5-3-1)6-7-16-13-8-14(18-10-17-13)20-11-15-9-19-20/h4,8-11H,1-3,5-7H2,(H,16,17,18). The van der Waals surface area contributed by atoms with E-state index in [1.54, 1.807) is 22.9 Å². The molecule has 1 N–H and O–H groups in total. The van der Waals surface area contributed by atoms with Gasteiger partial charge in [0, 0.05) is 12.6 Å². The minimum Gasteiger partial charge on any atom is -0.370 e. The molecule has 6 nitrogen and oxygen atoms in total. The van der Waals surface area contributed by atoms with Crippen LogP contribution in [0.25, 0.3) is 5.82 Å². The second kappa shape index (κ2) is 6.27. The predicted octanol–water partition coefficient (Wildman–Crippen LogP) is 2.36. The van der Waals surface area contributed by atoms with E-state index in [-0.39, 0.29) is 0 Å². The molecule has 2 heterocycles. The van der Waals surface area contributed by atoms with E-state index in [1.807, 2.05) is 6.07 Å². The van der Waals surface area contributed by atoms with E-state index < -0.39 is 0 Å². The van der Waals surface area contributed by atoms with Crippen molar-refractivity contribution in [2.24, 2.45) is 0 Å². The number of hydrogen-bond acceptors (Lipinski definition) is 5. The van der Waals surface area contributed by atoms with Gasteiger partial charge in [0.05, 0.1) is 0 Å². The lowest BCUT2D eigenvalue weighted by Crippen LogP contribution is -2.07. The molecule has 104 valence electrons. The molecule has 1 aliphatic rings. The second-order valence-electron chi connectivity index (χ2n) is 4.89. The SMILES string of the molecule is C1=C(CCNc2cc(-n3cncn3)ncn2)CCCC1. The van der Waals surface area contributed by atoms with Gasteiger partial charge in [0.15, 0.2) is 5.82 Å². The molecule has 0 bridgehead atoms. The van der Waals surface area contributed by atoms with Crippen molar-refractivity contribution in [3.63, 3.8) is 0 Å². The fourth-order valence-electron chi connectivity index (χ4n) is 2.38. The number of allylic oxidation sites excluding steroid dienone is 1. The molecule has 3 rings (SSSR count). The van der Waals surface area contributed by atoms with Crippen LogP contribution in [0.5, 0.6) is 0 Å². The van der Waals surface area contributed by atoms with E-state index in [0.29, 0.717) is 0 Å². The fraction of sp³-hybridized carbons (Fsp3) is 0.429. The van der Waals surface area contributed by atoms with Crippen LogP contribution in [0.15, 0.2) is 36.7 Å². The van der Waals surface area contributed by atoms with Crippen molar-refractivity contribution in [1.29, 1.82) is 0 Å². The summed E-state index contributed by atoms with van der Waals surface area (Å²) in [6.45, 7) is 0.902. The summed E-state index contributed by atoms with van der Waals surface area (Å²) in [5.74, 6) is 1.54. The van der Waals surface area contributed by atoms with Gasteiger partial charge in [-0.3, -0.25) is 0 Å². The summed E-state index contributed by atoms with van der Waals surface area (Å²) in [4.78, 5) is 12.3. The average Bonchev–Trinajstić information content (AvgIpc) is 3.03. The molecule has 0 unspecified atom stereocenters. The van der Waals surface area contributed by atoms with Crippen LogP contribution in [0.1, 0.15) is 32.1 Å². The largest absolute Gasteiger partial charge is 0.370 e. The number of rotatable bonds is 5. The summed E-state index contributed by atoms with van der Waals surface area (Å²) in [5.41, 5.74) is 1.56. The van der Waals surface area contributed by atoms with Crippen LogP contribution in [0.3, 0.4) is 0 Å². The fourth-order valence-corrected chi connectivity index (χ4v) is 2.38. The molecule has 0 fully saturated rings. The van der Waals surface area contributed by atoms with Crippen LogP contribution in [0, 0.1) is 0 Å². The van der Waals surface area contributed by atoms with Crippen LogP contribution in [-0.2, 0) is 0 Å². The zero-order valence-electron chi connectivity index (χ0n) is 11.4. The lowest BCUT2D eigenvalue weighted by atomic mass is 9.97. The predicted molar refractivity (Wildman–Crippen MR) is 76.6 cm³/mol. The first-order chi connectivity index (χ1) is 9.92. The molecular weight excluding hydrogens is 252 g/mol. The summed E-state index contributed by atoms with van der Waals surface area (Å²) < 4.78 is 1.62. The first-order valence-electron chi connectivity index (χ1n) is 7.00. The monoisotopic (exact) mass is 270 g/mol. The van der Waals surface area contributed by atoms with Crippen LogP contribution >= 0.6 is 0 Å². The van der Waals surface area contributed by atoms with Gasteiger partial charge in [-0.15, -0.1) is 0 Å². The molecule has 2 aromatic rings. The van der Waals surface area contributed by atoms with Gasteiger partial charge >= 0.3 is 0 Å². The Morgan fingerprint density at radius 1 is 1.20 bits per heavy atom. The molecule has 0 saturated heterocycles. The van der Waals surface area contributed by atoms with Crippen molar-refractivity contribution < 1.29 is 0 Å². The maximum absolute atomic E-state index is 4.23. The van der Waals surface area contributed by atoms with Gasteiger partial charge < -0.3 is 5.32 Å². The molecule has 0 radical (unpaired) electrons. The lowest BCUT2D eigenvalue weighted by molar-refractivity contribution is 0.679. The molecule has 0 aliphatic heterocycles. The van der Waals surface area contributed by atoms with Crippen molar-refractivity contribution in [2.45, 2.75) is 32.1 Å². The van der Waals surface area contributed by atoms with Crippen LogP contribution < -0.4 is 5.32 Å². The molecule has 6 heteroatoms. The molecule has 1 aliphatic carbocycles. The van der Waals surface area contributed by atoms with Gasteiger partial charge in [-0.2, -0.15) is 5.10 Å². The highest BCUT2D eigenvalue weighted by Gasteiger charge is 2.04. The van der Waals surface area contributed by atoms with E-state index in [9.17, 15) is 0 Å². The summed E-state index contributed by atoms with van der Waals surface area (Å²) in [6.07, 6.45) is 13.3. The zero-order valence-corrected chi connectivity index (χ0v) is 11.4. The zero-order chi connectivity index (χ0) is 13.6. The Kier molecular flexibility index (Phi) is 4.01. The summed E-state index contributed by atoms with van der Waals surface area (Å²) in [5, 5.41) is 7.40. The Balaban J connectivity index is 1.58. The van der Waals surface area contributed by atoms with Crippen LogP contribution in [0.4, 0.5) is 5.82 Å². The smallest absolute Gasteiger partial charge is 0.160 e. The molecule has 0 aromatic carbocycles. The first kappa shape index (κ1) is 12.8. The number of aromatic nitrogens is 5. The van der Waals surface area contributed by atoms with E-state index >= 15 is 0 Å². The highest BCUT2D eigenvalue weighted by atomic mass is 15.3. The van der Waals surface area contributed by atoms with Gasteiger partial charge in [0.1, 0.15) is 24.8 Å². The highest BCUT2D eigenvalue weighted by Crippen LogP contribution is 2.20. The minimum atomic E-state index is 0.719. The summed E-state index contributed by atoms with van der Waals surface area (Å²) in [6, 6.07) is 1.88. The van der Waals surface area contributed by atoms with Crippen molar-refractivity contribution in [1.82, 2.24) is 24.7 Å². The molecule has 0 spiro atoms. The van der Waals surface area contributed by atoms with Gasteiger partial charge in [0.2, 0.25) is 0 Å². The quantitative estimate of drug-likeness (QED) is 0.845. The third kappa shape index (κ3) is 3.20. The van der Waals surface area contributed by atoms with Gasteiger partial charge in [-0.05, 0) is 32.1 Å². The maximum Gasteiger partial charge on any atom is 0.160 e. The van der Waals surface area contributed by atoms with Gasteiger partial charge in [-0.25, -0.2) is 19.6 Å². The maximum atomic E-state index is 4.23. The van der Waals surface area contributed by atoms with Gasteiger partial charge in [0.25, 0.3) is 0 Å². The summed E-state index contributed by atoms with van der Waals surface area (Å²) in [7, 11) is 0. The van der Waals surface area contributed by atoms with E-state index in [2.05, 4.69) is 31.4 Å².